The maximum absolute atomic E-state index is 4.29. The third-order valence-electron chi connectivity index (χ3n) is 1.61. The molecule has 0 aliphatic heterocycles. The number of aromatic nitrogens is 2. The number of thiol groups is 1. The summed E-state index contributed by atoms with van der Waals surface area (Å²) in [5.41, 5.74) is 2.00. The summed E-state index contributed by atoms with van der Waals surface area (Å²) in [6, 6.07) is 5.87. The Bertz CT molecular complexity index is 397. The SMILES string of the molecule is Cc1nc2cccc(S)c2[nH]1.[Zn]. The van der Waals surface area contributed by atoms with Crippen molar-refractivity contribution in [3.8, 4) is 0 Å². The fourth-order valence-corrected chi connectivity index (χ4v) is 1.40. The van der Waals surface area contributed by atoms with E-state index in [1.807, 2.05) is 25.1 Å². The van der Waals surface area contributed by atoms with Crippen molar-refractivity contribution in [2.24, 2.45) is 0 Å². The van der Waals surface area contributed by atoms with Crippen LogP contribution in [0.5, 0.6) is 0 Å². The Labute approximate surface area is 88.9 Å². The van der Waals surface area contributed by atoms with E-state index >= 15 is 0 Å². The van der Waals surface area contributed by atoms with Crippen LogP contribution in [0.2, 0.25) is 0 Å². The molecule has 0 saturated heterocycles. The van der Waals surface area contributed by atoms with Crippen molar-refractivity contribution in [1.29, 1.82) is 0 Å². The monoisotopic (exact) mass is 228 g/mol. The van der Waals surface area contributed by atoms with E-state index in [9.17, 15) is 0 Å². The molecule has 0 saturated carbocycles. The van der Waals surface area contributed by atoms with Gasteiger partial charge in [-0.3, -0.25) is 0 Å². The third-order valence-corrected chi connectivity index (χ3v) is 1.99. The topological polar surface area (TPSA) is 28.7 Å². The van der Waals surface area contributed by atoms with Crippen LogP contribution < -0.4 is 0 Å². The van der Waals surface area contributed by atoms with Crippen molar-refractivity contribution in [2.45, 2.75) is 11.8 Å². The van der Waals surface area contributed by atoms with Crippen LogP contribution in [0.3, 0.4) is 0 Å². The average Bonchev–Trinajstić information content (AvgIpc) is 2.31. The molecule has 0 aliphatic rings. The number of aryl methyl sites for hydroxylation is 1. The first-order valence-corrected chi connectivity index (χ1v) is 3.86. The average molecular weight is 230 g/mol. The van der Waals surface area contributed by atoms with Gasteiger partial charge in [0.25, 0.3) is 0 Å². The Morgan fingerprint density at radius 2 is 2.17 bits per heavy atom. The van der Waals surface area contributed by atoms with E-state index in [-0.39, 0.29) is 19.5 Å². The summed E-state index contributed by atoms with van der Waals surface area (Å²) in [6.45, 7) is 1.94. The molecule has 2 aromatic rings. The molecule has 2 rings (SSSR count). The predicted octanol–water partition coefficient (Wildman–Crippen LogP) is 2.16. The maximum atomic E-state index is 4.29. The summed E-state index contributed by atoms with van der Waals surface area (Å²) >= 11 is 4.29. The van der Waals surface area contributed by atoms with Crippen molar-refractivity contribution in [3.63, 3.8) is 0 Å². The molecular weight excluding hydrogens is 222 g/mol. The minimum absolute atomic E-state index is 0. The van der Waals surface area contributed by atoms with Crippen molar-refractivity contribution >= 4 is 23.7 Å². The Balaban J connectivity index is 0.000000720. The summed E-state index contributed by atoms with van der Waals surface area (Å²) < 4.78 is 0. The van der Waals surface area contributed by atoms with Gasteiger partial charge in [0.2, 0.25) is 0 Å². The minimum Gasteiger partial charge on any atom is -0.341 e. The standard InChI is InChI=1S/C8H8N2S.Zn/c1-5-9-6-3-2-4-7(11)8(6)10-5;/h2-4,11H,1H3,(H,9,10);. The molecule has 1 aromatic heterocycles. The largest absolute Gasteiger partial charge is 0.341 e. The summed E-state index contributed by atoms with van der Waals surface area (Å²) in [5, 5.41) is 0. The second kappa shape index (κ2) is 3.59. The van der Waals surface area contributed by atoms with Crippen LogP contribution in [0.4, 0.5) is 0 Å². The van der Waals surface area contributed by atoms with Crippen LogP contribution in [-0.4, -0.2) is 9.97 Å². The molecule has 0 bridgehead atoms. The van der Waals surface area contributed by atoms with Crippen molar-refractivity contribution in [2.75, 3.05) is 0 Å². The molecule has 2 nitrogen and oxygen atoms in total. The van der Waals surface area contributed by atoms with Crippen LogP contribution >= 0.6 is 12.6 Å². The summed E-state index contributed by atoms with van der Waals surface area (Å²) in [4.78, 5) is 8.36. The first kappa shape index (κ1) is 9.75. The number of nitrogens with zero attached hydrogens (tertiary/aromatic N) is 1. The number of hydrogen-bond donors (Lipinski definition) is 2. The van der Waals surface area contributed by atoms with E-state index in [0.717, 1.165) is 21.8 Å². The molecule has 0 amide bonds. The molecule has 0 unspecified atom stereocenters. The van der Waals surface area contributed by atoms with Crippen LogP contribution in [-0.2, 0) is 19.5 Å². The smallest absolute Gasteiger partial charge is 0.104 e. The van der Waals surface area contributed by atoms with Gasteiger partial charge in [0, 0.05) is 24.4 Å². The van der Waals surface area contributed by atoms with Crippen molar-refractivity contribution in [3.05, 3.63) is 24.0 Å². The molecule has 1 heterocycles. The van der Waals surface area contributed by atoms with Crippen molar-refractivity contribution < 1.29 is 19.5 Å². The van der Waals surface area contributed by atoms with E-state index < -0.39 is 0 Å². The molecule has 0 aliphatic carbocycles. The Kier molecular flexibility index (Phi) is 2.91. The second-order valence-corrected chi connectivity index (χ2v) is 2.98. The molecule has 0 radical (unpaired) electrons. The van der Waals surface area contributed by atoms with Gasteiger partial charge < -0.3 is 4.98 Å². The predicted molar refractivity (Wildman–Crippen MR) is 48.1 cm³/mol. The first-order valence-electron chi connectivity index (χ1n) is 3.41. The zero-order chi connectivity index (χ0) is 7.84. The van der Waals surface area contributed by atoms with Crippen LogP contribution in [0.25, 0.3) is 11.0 Å². The third kappa shape index (κ3) is 1.55. The normalized spacial score (nSPS) is 9.83. The molecule has 1 N–H and O–H groups in total. The molecule has 58 valence electrons. The Morgan fingerprint density at radius 3 is 2.83 bits per heavy atom. The number of benzene rings is 1. The number of rotatable bonds is 0. The number of para-hydroxylation sites is 1. The molecular formula is C8H8N2SZn. The number of hydrogen-bond acceptors (Lipinski definition) is 2. The Hall–Kier alpha value is -0.337. The fourth-order valence-electron chi connectivity index (χ4n) is 1.14. The van der Waals surface area contributed by atoms with E-state index in [0.29, 0.717) is 0 Å². The van der Waals surface area contributed by atoms with Gasteiger partial charge in [-0.2, -0.15) is 0 Å². The number of nitrogens with one attached hydrogen (secondary N) is 1. The maximum Gasteiger partial charge on any atom is 0.104 e. The quantitative estimate of drug-likeness (QED) is 0.526. The van der Waals surface area contributed by atoms with Crippen LogP contribution in [0.15, 0.2) is 23.1 Å². The van der Waals surface area contributed by atoms with Gasteiger partial charge in [-0.1, -0.05) is 6.07 Å². The second-order valence-electron chi connectivity index (χ2n) is 2.49. The van der Waals surface area contributed by atoms with Gasteiger partial charge >= 0.3 is 0 Å². The van der Waals surface area contributed by atoms with Gasteiger partial charge in [-0.05, 0) is 19.1 Å². The zero-order valence-electron chi connectivity index (χ0n) is 6.83. The molecule has 0 atom stereocenters. The van der Waals surface area contributed by atoms with E-state index in [1.54, 1.807) is 0 Å². The van der Waals surface area contributed by atoms with Gasteiger partial charge in [-0.15, -0.1) is 12.6 Å². The summed E-state index contributed by atoms with van der Waals surface area (Å²) in [5.74, 6) is 0.932. The van der Waals surface area contributed by atoms with Gasteiger partial charge in [0.05, 0.1) is 11.0 Å². The number of imidazole rings is 1. The number of H-pyrrole nitrogens is 1. The van der Waals surface area contributed by atoms with Gasteiger partial charge in [0.1, 0.15) is 5.82 Å². The molecule has 12 heavy (non-hydrogen) atoms. The van der Waals surface area contributed by atoms with Crippen LogP contribution in [0, 0.1) is 6.92 Å². The number of aromatic amines is 1. The van der Waals surface area contributed by atoms with Gasteiger partial charge in [0.15, 0.2) is 0 Å². The van der Waals surface area contributed by atoms with Crippen molar-refractivity contribution in [1.82, 2.24) is 9.97 Å². The molecule has 4 heteroatoms. The zero-order valence-corrected chi connectivity index (χ0v) is 10.7. The minimum atomic E-state index is 0. The van der Waals surface area contributed by atoms with E-state index in [4.69, 9.17) is 0 Å². The van der Waals surface area contributed by atoms with E-state index in [2.05, 4.69) is 22.6 Å². The summed E-state index contributed by atoms with van der Waals surface area (Å²) in [7, 11) is 0. The van der Waals surface area contributed by atoms with E-state index in [1.165, 1.54) is 0 Å². The number of fused-ring (bicyclic) bond motifs is 1. The van der Waals surface area contributed by atoms with Crippen LogP contribution in [0.1, 0.15) is 5.82 Å². The molecule has 0 spiro atoms. The van der Waals surface area contributed by atoms with Gasteiger partial charge in [-0.25, -0.2) is 4.98 Å². The fraction of sp³-hybridized carbons (Fsp3) is 0.125. The first-order chi connectivity index (χ1) is 5.27. The Morgan fingerprint density at radius 1 is 1.42 bits per heavy atom. The molecule has 0 fully saturated rings. The summed E-state index contributed by atoms with van der Waals surface area (Å²) in [6.07, 6.45) is 0. The molecule has 1 aromatic carbocycles.